The third-order valence-corrected chi connectivity index (χ3v) is 5.91. The fourth-order valence-electron chi connectivity index (χ4n) is 2.76. The number of rotatable bonds is 5. The van der Waals surface area contributed by atoms with Crippen molar-refractivity contribution in [3.63, 3.8) is 0 Å². The van der Waals surface area contributed by atoms with Crippen LogP contribution in [0.15, 0.2) is 40.8 Å². The van der Waals surface area contributed by atoms with Crippen LogP contribution in [0.1, 0.15) is 37.0 Å². The number of hydrogen-bond acceptors (Lipinski definition) is 4. The molecule has 1 aromatic carbocycles. The van der Waals surface area contributed by atoms with E-state index < -0.39 is 26.1 Å². The highest BCUT2D eigenvalue weighted by Gasteiger charge is 2.46. The molecule has 1 aliphatic rings. The number of amides is 1. The first-order chi connectivity index (χ1) is 12.5. The number of benzene rings is 1. The van der Waals surface area contributed by atoms with Crippen molar-refractivity contribution < 1.29 is 26.4 Å². The molecule has 0 atom stereocenters. The van der Waals surface area contributed by atoms with Gasteiger partial charge in [0.15, 0.2) is 0 Å². The molecule has 2 rings (SSSR count). The zero-order valence-corrected chi connectivity index (χ0v) is 16.0. The van der Waals surface area contributed by atoms with E-state index in [1.165, 1.54) is 5.57 Å². The SMILES string of the molecule is CC(C)=CCN1CCC(NC(=O)c2ccc(S(=O)(=O)C(F)(F)F)cc2)CC1. The molecule has 1 heterocycles. The van der Waals surface area contributed by atoms with E-state index in [-0.39, 0.29) is 11.6 Å². The van der Waals surface area contributed by atoms with Crippen molar-refractivity contribution in [3.8, 4) is 0 Å². The minimum absolute atomic E-state index is 0.0148. The average molecular weight is 404 g/mol. The van der Waals surface area contributed by atoms with Gasteiger partial charge >= 0.3 is 5.51 Å². The van der Waals surface area contributed by atoms with E-state index in [0.717, 1.165) is 56.7 Å². The summed E-state index contributed by atoms with van der Waals surface area (Å²) < 4.78 is 60.3. The summed E-state index contributed by atoms with van der Waals surface area (Å²) >= 11 is 0. The number of likely N-dealkylation sites (tertiary alicyclic amines) is 1. The maximum atomic E-state index is 12.5. The third kappa shape index (κ3) is 5.55. The number of halogens is 3. The van der Waals surface area contributed by atoms with Gasteiger partial charge in [0.25, 0.3) is 15.7 Å². The normalized spacial score (nSPS) is 16.8. The van der Waals surface area contributed by atoms with Gasteiger partial charge in [0, 0.05) is 31.2 Å². The number of carbonyl (C=O) groups excluding carboxylic acids is 1. The molecule has 1 N–H and O–H groups in total. The standard InChI is InChI=1S/C18H23F3N2O3S/c1-13(2)7-10-23-11-8-15(9-12-23)22-17(24)14-3-5-16(6-4-14)27(25,26)18(19,20)21/h3-7,15H,8-12H2,1-2H3,(H,22,24). The number of nitrogens with one attached hydrogen (secondary N) is 1. The summed E-state index contributed by atoms with van der Waals surface area (Å²) in [5, 5.41) is 2.86. The lowest BCUT2D eigenvalue weighted by molar-refractivity contribution is -0.0436. The molecule has 1 aliphatic heterocycles. The van der Waals surface area contributed by atoms with Gasteiger partial charge in [0.2, 0.25) is 0 Å². The van der Waals surface area contributed by atoms with Crippen LogP contribution in [0.2, 0.25) is 0 Å². The number of nitrogens with zero attached hydrogens (tertiary/aromatic N) is 1. The smallest absolute Gasteiger partial charge is 0.349 e. The van der Waals surface area contributed by atoms with Crippen molar-refractivity contribution in [3.05, 3.63) is 41.5 Å². The molecular formula is C18H23F3N2O3S. The second-order valence-corrected chi connectivity index (χ2v) is 8.74. The van der Waals surface area contributed by atoms with E-state index in [1.807, 2.05) is 13.8 Å². The zero-order valence-electron chi connectivity index (χ0n) is 15.2. The molecule has 0 unspecified atom stereocenters. The molecule has 5 nitrogen and oxygen atoms in total. The van der Waals surface area contributed by atoms with Crippen LogP contribution in [0.4, 0.5) is 13.2 Å². The van der Waals surface area contributed by atoms with Gasteiger partial charge in [-0.15, -0.1) is 0 Å². The summed E-state index contributed by atoms with van der Waals surface area (Å²) in [6, 6.07) is 3.79. The van der Waals surface area contributed by atoms with Gasteiger partial charge in [-0.3, -0.25) is 9.69 Å². The predicted octanol–water partition coefficient (Wildman–Crippen LogP) is 3.14. The molecular weight excluding hydrogens is 381 g/mol. The van der Waals surface area contributed by atoms with Crippen LogP contribution >= 0.6 is 0 Å². The Morgan fingerprint density at radius 1 is 1.19 bits per heavy atom. The lowest BCUT2D eigenvalue weighted by atomic mass is 10.0. The van der Waals surface area contributed by atoms with Crippen LogP contribution < -0.4 is 5.32 Å². The minimum Gasteiger partial charge on any atom is -0.349 e. The van der Waals surface area contributed by atoms with Crippen molar-refractivity contribution in [2.24, 2.45) is 0 Å². The Balaban J connectivity index is 1.93. The van der Waals surface area contributed by atoms with Gasteiger partial charge in [0.05, 0.1) is 4.90 Å². The van der Waals surface area contributed by atoms with Crippen molar-refractivity contribution in [2.75, 3.05) is 19.6 Å². The zero-order chi connectivity index (χ0) is 20.2. The summed E-state index contributed by atoms with van der Waals surface area (Å²) in [5.41, 5.74) is -3.99. The topological polar surface area (TPSA) is 66.5 Å². The Morgan fingerprint density at radius 3 is 2.22 bits per heavy atom. The fourth-order valence-corrected chi connectivity index (χ4v) is 3.52. The van der Waals surface area contributed by atoms with E-state index in [2.05, 4.69) is 16.3 Å². The summed E-state index contributed by atoms with van der Waals surface area (Å²) in [6.45, 7) is 6.64. The third-order valence-electron chi connectivity index (χ3n) is 4.41. The van der Waals surface area contributed by atoms with E-state index in [0.29, 0.717) is 0 Å². The monoisotopic (exact) mass is 404 g/mol. The van der Waals surface area contributed by atoms with Gasteiger partial charge in [-0.1, -0.05) is 11.6 Å². The largest absolute Gasteiger partial charge is 0.501 e. The molecule has 0 bridgehead atoms. The number of alkyl halides is 3. The maximum Gasteiger partial charge on any atom is 0.501 e. The summed E-state index contributed by atoms with van der Waals surface area (Å²) in [4.78, 5) is 13.7. The lowest BCUT2D eigenvalue weighted by Gasteiger charge is -2.31. The molecule has 0 saturated carbocycles. The highest BCUT2D eigenvalue weighted by Crippen LogP contribution is 2.30. The van der Waals surface area contributed by atoms with Gasteiger partial charge in [0.1, 0.15) is 0 Å². The molecule has 9 heteroatoms. The number of allylic oxidation sites excluding steroid dienone is 1. The van der Waals surface area contributed by atoms with Crippen LogP contribution in [0.5, 0.6) is 0 Å². The second-order valence-electron chi connectivity index (χ2n) is 6.80. The van der Waals surface area contributed by atoms with E-state index >= 15 is 0 Å². The van der Waals surface area contributed by atoms with Crippen molar-refractivity contribution >= 4 is 15.7 Å². The highest BCUT2D eigenvalue weighted by atomic mass is 32.2. The highest BCUT2D eigenvalue weighted by molar-refractivity contribution is 7.92. The second kappa shape index (κ2) is 8.43. The Morgan fingerprint density at radius 2 is 1.74 bits per heavy atom. The molecule has 27 heavy (non-hydrogen) atoms. The van der Waals surface area contributed by atoms with Crippen LogP contribution in [-0.2, 0) is 9.84 Å². The Labute approximate surface area is 157 Å². The van der Waals surface area contributed by atoms with Crippen LogP contribution in [-0.4, -0.2) is 50.4 Å². The Bertz CT molecular complexity index is 790. The van der Waals surface area contributed by atoms with Crippen molar-refractivity contribution in [2.45, 2.75) is 43.1 Å². The van der Waals surface area contributed by atoms with Gasteiger partial charge in [-0.2, -0.15) is 13.2 Å². The van der Waals surface area contributed by atoms with Gasteiger partial charge in [-0.25, -0.2) is 8.42 Å². The fraction of sp³-hybridized carbons (Fsp3) is 0.500. The van der Waals surface area contributed by atoms with Crippen molar-refractivity contribution in [1.82, 2.24) is 10.2 Å². The Kier molecular flexibility index (Phi) is 6.69. The minimum atomic E-state index is -5.41. The predicted molar refractivity (Wildman–Crippen MR) is 96.0 cm³/mol. The first-order valence-corrected chi connectivity index (χ1v) is 10.1. The van der Waals surface area contributed by atoms with Gasteiger partial charge < -0.3 is 5.32 Å². The molecule has 150 valence electrons. The quantitative estimate of drug-likeness (QED) is 0.766. The summed E-state index contributed by atoms with van der Waals surface area (Å²) in [7, 11) is -5.41. The van der Waals surface area contributed by atoms with E-state index in [1.54, 1.807) is 0 Å². The van der Waals surface area contributed by atoms with Crippen LogP contribution in [0.25, 0.3) is 0 Å². The first-order valence-electron chi connectivity index (χ1n) is 8.58. The first kappa shape index (κ1) is 21.4. The molecule has 0 radical (unpaired) electrons. The molecule has 0 aromatic heterocycles. The average Bonchev–Trinajstić information content (AvgIpc) is 2.60. The molecule has 1 amide bonds. The maximum absolute atomic E-state index is 12.5. The lowest BCUT2D eigenvalue weighted by Crippen LogP contribution is -2.44. The molecule has 0 aliphatic carbocycles. The van der Waals surface area contributed by atoms with Crippen LogP contribution in [0.3, 0.4) is 0 Å². The van der Waals surface area contributed by atoms with E-state index in [4.69, 9.17) is 0 Å². The molecule has 1 aromatic rings. The molecule has 0 spiro atoms. The number of sulfone groups is 1. The number of piperidine rings is 1. The van der Waals surface area contributed by atoms with Crippen LogP contribution in [0, 0.1) is 0 Å². The van der Waals surface area contributed by atoms with Crippen molar-refractivity contribution in [1.29, 1.82) is 0 Å². The Hall–Kier alpha value is -1.87. The summed E-state index contributed by atoms with van der Waals surface area (Å²) in [5.74, 6) is -0.422. The molecule has 1 saturated heterocycles. The number of carbonyl (C=O) groups is 1. The van der Waals surface area contributed by atoms with E-state index in [9.17, 15) is 26.4 Å². The number of hydrogen-bond donors (Lipinski definition) is 1. The summed E-state index contributed by atoms with van der Waals surface area (Å²) in [6.07, 6.45) is 3.71. The molecule has 1 fully saturated rings. The van der Waals surface area contributed by atoms with Gasteiger partial charge in [-0.05, 0) is 51.0 Å².